The summed E-state index contributed by atoms with van der Waals surface area (Å²) in [4.78, 5) is 66.5. The summed E-state index contributed by atoms with van der Waals surface area (Å²) in [6.45, 7) is 8.09. The van der Waals surface area contributed by atoms with Crippen molar-refractivity contribution >= 4 is 23.6 Å². The number of nitrogens with zero attached hydrogens (tertiary/aromatic N) is 2. The van der Waals surface area contributed by atoms with Crippen LogP contribution in [0.5, 0.6) is 0 Å². The number of carbonyl (C=O) groups is 4. The first-order valence-electron chi connectivity index (χ1n) is 9.73. The molecule has 2 amide bonds. The van der Waals surface area contributed by atoms with Gasteiger partial charge in [-0.3, -0.25) is 34.6 Å². The number of ketones is 1. The highest BCUT2D eigenvalue weighted by molar-refractivity contribution is 6.02. The Morgan fingerprint density at radius 1 is 1.00 bits per heavy atom. The fraction of sp³-hybridized carbons (Fsp3) is 0.778. The van der Waals surface area contributed by atoms with Crippen LogP contribution in [0.3, 0.4) is 0 Å². The third kappa shape index (κ3) is 9.96. The Balaban J connectivity index is 4.64. The second-order valence-electron chi connectivity index (χ2n) is 8.00. The number of hydrogen-bond donors (Lipinski definition) is 2. The van der Waals surface area contributed by atoms with Crippen molar-refractivity contribution in [2.45, 2.75) is 59.5 Å². The molecule has 0 aliphatic carbocycles. The number of nitro groups is 2. The molecule has 2 N–H and O–H groups in total. The Labute approximate surface area is 179 Å². The molecule has 0 fully saturated rings. The monoisotopic (exact) mass is 446 g/mol. The van der Waals surface area contributed by atoms with Crippen molar-refractivity contribution in [3.05, 3.63) is 20.2 Å². The van der Waals surface area contributed by atoms with Gasteiger partial charge in [0.25, 0.3) is 0 Å². The standard InChI is InChI=1S/C18H30N4O9/c1-6-31-17(26)14(22(29)30)16(25)20-10-11(2)9-18(4,5)7-8-19-15(24)13(12(3)23)21(27)28/h11,13-14H,6-10H2,1-5H3,(H,19,24)(H,20,25). The number of esters is 1. The highest BCUT2D eigenvalue weighted by Crippen LogP contribution is 2.28. The van der Waals surface area contributed by atoms with E-state index in [1.807, 2.05) is 13.8 Å². The van der Waals surface area contributed by atoms with Crippen LogP contribution in [-0.4, -0.2) is 65.2 Å². The van der Waals surface area contributed by atoms with Gasteiger partial charge in [-0.15, -0.1) is 0 Å². The zero-order chi connectivity index (χ0) is 24.4. The van der Waals surface area contributed by atoms with E-state index in [2.05, 4.69) is 15.4 Å². The van der Waals surface area contributed by atoms with E-state index in [9.17, 15) is 39.4 Å². The van der Waals surface area contributed by atoms with Gasteiger partial charge < -0.3 is 15.4 Å². The average Bonchev–Trinajstić information content (AvgIpc) is 2.58. The Kier molecular flexibility index (Phi) is 11.3. The molecule has 0 aromatic rings. The lowest BCUT2D eigenvalue weighted by Crippen LogP contribution is -2.47. The molecule has 13 nitrogen and oxygen atoms in total. The number of Topliss-reactive ketones (excluding diaryl/α,β-unsaturated/α-hetero) is 1. The zero-order valence-electron chi connectivity index (χ0n) is 18.3. The van der Waals surface area contributed by atoms with Gasteiger partial charge in [0.1, 0.15) is 0 Å². The summed E-state index contributed by atoms with van der Waals surface area (Å²) in [5.41, 5.74) is -0.360. The molecule has 0 saturated heterocycles. The van der Waals surface area contributed by atoms with E-state index in [0.29, 0.717) is 12.8 Å². The number of hydrogen-bond acceptors (Lipinski definition) is 9. The molecule has 0 aromatic heterocycles. The minimum absolute atomic E-state index is 0.0755. The molecule has 0 aliphatic rings. The molecular weight excluding hydrogens is 416 g/mol. The quantitative estimate of drug-likeness (QED) is 0.161. The van der Waals surface area contributed by atoms with E-state index in [0.717, 1.165) is 6.92 Å². The third-order valence-electron chi connectivity index (χ3n) is 4.44. The van der Waals surface area contributed by atoms with E-state index in [-0.39, 0.29) is 31.0 Å². The average molecular weight is 446 g/mol. The van der Waals surface area contributed by atoms with Crippen molar-refractivity contribution in [1.29, 1.82) is 0 Å². The van der Waals surface area contributed by atoms with Gasteiger partial charge in [0.2, 0.25) is 5.78 Å². The van der Waals surface area contributed by atoms with Gasteiger partial charge in [-0.25, -0.2) is 4.79 Å². The summed E-state index contributed by atoms with van der Waals surface area (Å²) < 4.78 is 4.54. The molecule has 0 radical (unpaired) electrons. The summed E-state index contributed by atoms with van der Waals surface area (Å²) in [6.07, 6.45) is 0.969. The molecule has 0 aromatic carbocycles. The third-order valence-corrected chi connectivity index (χ3v) is 4.44. The van der Waals surface area contributed by atoms with Crippen LogP contribution < -0.4 is 10.6 Å². The van der Waals surface area contributed by atoms with Crippen LogP contribution in [0.4, 0.5) is 0 Å². The van der Waals surface area contributed by atoms with Crippen molar-refractivity contribution in [3.63, 3.8) is 0 Å². The zero-order valence-corrected chi connectivity index (χ0v) is 18.3. The molecule has 0 bridgehead atoms. The Morgan fingerprint density at radius 2 is 1.52 bits per heavy atom. The highest BCUT2D eigenvalue weighted by atomic mass is 16.6. The lowest BCUT2D eigenvalue weighted by Gasteiger charge is -2.28. The number of amides is 2. The van der Waals surface area contributed by atoms with Crippen molar-refractivity contribution in [2.75, 3.05) is 19.7 Å². The van der Waals surface area contributed by atoms with Crippen LogP contribution in [0.15, 0.2) is 0 Å². The largest absolute Gasteiger partial charge is 0.460 e. The number of nitrogens with one attached hydrogen (secondary N) is 2. The molecule has 0 aliphatic heterocycles. The minimum Gasteiger partial charge on any atom is -0.460 e. The van der Waals surface area contributed by atoms with Gasteiger partial charge >= 0.3 is 29.9 Å². The molecular formula is C18H30N4O9. The van der Waals surface area contributed by atoms with Crippen molar-refractivity contribution < 1.29 is 33.8 Å². The summed E-state index contributed by atoms with van der Waals surface area (Å²) in [7, 11) is 0. The number of rotatable bonds is 14. The Morgan fingerprint density at radius 3 is 1.97 bits per heavy atom. The summed E-state index contributed by atoms with van der Waals surface area (Å²) in [6, 6.07) is -4.07. The van der Waals surface area contributed by atoms with E-state index < -0.39 is 45.5 Å². The Bertz CT molecular complexity index is 694. The van der Waals surface area contributed by atoms with Gasteiger partial charge in [-0.2, -0.15) is 0 Å². The van der Waals surface area contributed by atoms with E-state index in [4.69, 9.17) is 0 Å². The molecule has 176 valence electrons. The van der Waals surface area contributed by atoms with Crippen molar-refractivity contribution in [2.24, 2.45) is 11.3 Å². The van der Waals surface area contributed by atoms with Crippen LogP contribution in [-0.2, 0) is 23.9 Å². The van der Waals surface area contributed by atoms with Crippen molar-refractivity contribution in [1.82, 2.24) is 10.6 Å². The summed E-state index contributed by atoms with van der Waals surface area (Å²) >= 11 is 0. The van der Waals surface area contributed by atoms with Crippen LogP contribution in [0.1, 0.15) is 47.5 Å². The predicted molar refractivity (Wildman–Crippen MR) is 107 cm³/mol. The molecule has 3 unspecified atom stereocenters. The molecule has 0 spiro atoms. The fourth-order valence-electron chi connectivity index (χ4n) is 3.05. The van der Waals surface area contributed by atoms with Crippen LogP contribution in [0.25, 0.3) is 0 Å². The van der Waals surface area contributed by atoms with Gasteiger partial charge in [0.15, 0.2) is 0 Å². The predicted octanol–water partition coefficient (Wildman–Crippen LogP) is 0.104. The lowest BCUT2D eigenvalue weighted by molar-refractivity contribution is -0.496. The first kappa shape index (κ1) is 27.9. The maximum absolute atomic E-state index is 12.0. The molecule has 0 saturated carbocycles. The topological polar surface area (TPSA) is 188 Å². The van der Waals surface area contributed by atoms with Gasteiger partial charge in [0, 0.05) is 29.9 Å². The highest BCUT2D eigenvalue weighted by Gasteiger charge is 2.39. The first-order chi connectivity index (χ1) is 14.2. The van der Waals surface area contributed by atoms with Crippen LogP contribution in [0, 0.1) is 31.6 Å². The summed E-state index contributed by atoms with van der Waals surface area (Å²) in [5.74, 6) is -4.25. The van der Waals surface area contributed by atoms with E-state index in [1.54, 1.807) is 6.92 Å². The Hall–Kier alpha value is -3.12. The number of ether oxygens (including phenoxy) is 1. The first-order valence-corrected chi connectivity index (χ1v) is 9.73. The maximum Gasteiger partial charge on any atom is 0.392 e. The normalized spacial score (nSPS) is 14.0. The molecule has 0 heterocycles. The second-order valence-corrected chi connectivity index (χ2v) is 8.00. The molecule has 13 heteroatoms. The molecule has 0 rings (SSSR count). The second kappa shape index (κ2) is 12.5. The van der Waals surface area contributed by atoms with Gasteiger partial charge in [-0.05, 0) is 31.1 Å². The minimum atomic E-state index is -2.13. The maximum atomic E-state index is 12.0. The summed E-state index contributed by atoms with van der Waals surface area (Å²) in [5, 5.41) is 26.5. The van der Waals surface area contributed by atoms with E-state index >= 15 is 0 Å². The SMILES string of the molecule is CCOC(=O)C(C(=O)NCC(C)CC(C)(C)CCNC(=O)C(C(C)=O)[N+](=O)[O-])[N+](=O)[O-]. The van der Waals surface area contributed by atoms with Crippen molar-refractivity contribution in [3.8, 4) is 0 Å². The fourth-order valence-corrected chi connectivity index (χ4v) is 3.05. The molecule has 3 atom stereocenters. The lowest BCUT2D eigenvalue weighted by atomic mass is 9.80. The smallest absolute Gasteiger partial charge is 0.392 e. The molecule has 31 heavy (non-hydrogen) atoms. The number of carbonyl (C=O) groups excluding carboxylic acids is 4. The van der Waals surface area contributed by atoms with Crippen LogP contribution >= 0.6 is 0 Å². The van der Waals surface area contributed by atoms with Gasteiger partial charge in [-0.1, -0.05) is 20.8 Å². The van der Waals surface area contributed by atoms with Crippen LogP contribution in [0.2, 0.25) is 0 Å². The van der Waals surface area contributed by atoms with Gasteiger partial charge in [0.05, 0.1) is 6.61 Å². The van der Waals surface area contributed by atoms with E-state index in [1.165, 1.54) is 6.92 Å².